The number of nitrogens with one attached hydrogen (secondary N) is 2. The van der Waals surface area contributed by atoms with Crippen molar-refractivity contribution in [3.8, 4) is 0 Å². The van der Waals surface area contributed by atoms with Crippen molar-refractivity contribution in [3.05, 3.63) is 16.1 Å². The first-order valence-corrected chi connectivity index (χ1v) is 9.28. The van der Waals surface area contributed by atoms with Crippen LogP contribution in [0.1, 0.15) is 56.3 Å². The van der Waals surface area contributed by atoms with Crippen molar-refractivity contribution in [1.82, 2.24) is 15.6 Å². The van der Waals surface area contributed by atoms with Gasteiger partial charge in [0.1, 0.15) is 0 Å². The molecule has 1 heterocycles. The average Bonchev–Trinajstić information content (AvgIpc) is 2.84. The average molecular weight is 450 g/mol. The van der Waals surface area contributed by atoms with Gasteiger partial charge in [-0.05, 0) is 44.4 Å². The van der Waals surface area contributed by atoms with Gasteiger partial charge in [0.25, 0.3) is 0 Å². The van der Waals surface area contributed by atoms with Crippen molar-refractivity contribution < 1.29 is 0 Å². The Bertz CT molecular complexity index is 495. The van der Waals surface area contributed by atoms with Crippen LogP contribution in [0, 0.1) is 18.3 Å². The van der Waals surface area contributed by atoms with E-state index in [1.165, 1.54) is 30.6 Å². The second kappa shape index (κ2) is 9.81. The zero-order chi connectivity index (χ0) is 16.0. The van der Waals surface area contributed by atoms with E-state index in [0.717, 1.165) is 30.0 Å². The van der Waals surface area contributed by atoms with Gasteiger partial charge in [-0.2, -0.15) is 0 Å². The van der Waals surface area contributed by atoms with Gasteiger partial charge in [-0.25, -0.2) is 9.98 Å². The van der Waals surface area contributed by atoms with Gasteiger partial charge < -0.3 is 10.6 Å². The van der Waals surface area contributed by atoms with E-state index in [1.54, 1.807) is 11.3 Å². The van der Waals surface area contributed by atoms with Crippen molar-refractivity contribution in [2.75, 3.05) is 13.1 Å². The lowest BCUT2D eigenvalue weighted by molar-refractivity contribution is 0.104. The summed E-state index contributed by atoms with van der Waals surface area (Å²) in [5.41, 5.74) is 0.492. The predicted octanol–water partition coefficient (Wildman–Crippen LogP) is 4.34. The molecule has 0 radical (unpaired) electrons. The molecule has 0 unspecified atom stereocenters. The number of aliphatic imine (C=N–C) groups is 1. The summed E-state index contributed by atoms with van der Waals surface area (Å²) in [6, 6.07) is 0. The summed E-state index contributed by atoms with van der Waals surface area (Å²) in [6.07, 6.45) is 7.33. The number of hydrogen-bond donors (Lipinski definition) is 2. The van der Waals surface area contributed by atoms with Gasteiger partial charge in [0.15, 0.2) is 5.96 Å². The van der Waals surface area contributed by atoms with Gasteiger partial charge in [-0.3, -0.25) is 0 Å². The molecule has 1 fully saturated rings. The summed E-state index contributed by atoms with van der Waals surface area (Å²) < 4.78 is 0. The van der Waals surface area contributed by atoms with E-state index in [0.29, 0.717) is 12.0 Å². The lowest BCUT2D eigenvalue weighted by Gasteiger charge is -2.43. The fraction of sp³-hybridized carbons (Fsp3) is 0.765. The first kappa shape index (κ1) is 20.7. The number of hydrogen-bond acceptors (Lipinski definition) is 3. The van der Waals surface area contributed by atoms with Gasteiger partial charge in [0.2, 0.25) is 0 Å². The van der Waals surface area contributed by atoms with Crippen molar-refractivity contribution in [2.24, 2.45) is 16.3 Å². The maximum Gasteiger partial charge on any atom is 0.191 e. The molecule has 6 heteroatoms. The summed E-state index contributed by atoms with van der Waals surface area (Å²) in [4.78, 5) is 10.2. The quantitative estimate of drug-likeness (QED) is 0.369. The van der Waals surface area contributed by atoms with Gasteiger partial charge >= 0.3 is 0 Å². The molecule has 1 aliphatic carbocycles. The van der Waals surface area contributed by atoms with Gasteiger partial charge in [0.05, 0.1) is 11.6 Å². The molecule has 0 atom stereocenters. The van der Waals surface area contributed by atoms with Crippen LogP contribution in [0.2, 0.25) is 0 Å². The van der Waals surface area contributed by atoms with Gasteiger partial charge in [0, 0.05) is 24.2 Å². The Labute approximate surface area is 162 Å². The Morgan fingerprint density at radius 2 is 2.13 bits per heavy atom. The third-order valence-corrected chi connectivity index (χ3v) is 5.19. The molecule has 1 saturated carbocycles. The second-order valence-electron chi connectivity index (χ2n) is 6.85. The number of aromatic nitrogens is 1. The number of thiazole rings is 1. The minimum atomic E-state index is 0. The SMILES string of the molecule is CCNC(=NCc1cnc(C)s1)NCC1(CC(C)C)CCC1.I. The molecule has 1 aromatic heterocycles. The molecule has 0 spiro atoms. The van der Waals surface area contributed by atoms with Crippen LogP contribution in [0.4, 0.5) is 0 Å². The summed E-state index contributed by atoms with van der Waals surface area (Å²) in [7, 11) is 0. The molecule has 0 aliphatic heterocycles. The summed E-state index contributed by atoms with van der Waals surface area (Å²) in [6.45, 7) is 11.4. The highest BCUT2D eigenvalue weighted by Crippen LogP contribution is 2.45. The van der Waals surface area contributed by atoms with Crippen LogP contribution in [0.15, 0.2) is 11.2 Å². The third kappa shape index (κ3) is 6.57. The smallest absolute Gasteiger partial charge is 0.191 e. The van der Waals surface area contributed by atoms with Crippen LogP contribution in [0.5, 0.6) is 0 Å². The van der Waals surface area contributed by atoms with Crippen molar-refractivity contribution >= 4 is 41.3 Å². The number of rotatable bonds is 7. The molecular weight excluding hydrogens is 419 g/mol. The summed E-state index contributed by atoms with van der Waals surface area (Å²) in [5, 5.41) is 8.03. The van der Waals surface area contributed by atoms with Crippen LogP contribution in [0.25, 0.3) is 0 Å². The van der Waals surface area contributed by atoms with Gasteiger partial charge in [-0.15, -0.1) is 35.3 Å². The van der Waals surface area contributed by atoms with E-state index < -0.39 is 0 Å². The predicted molar refractivity (Wildman–Crippen MR) is 111 cm³/mol. The Hall–Kier alpha value is -0.370. The minimum absolute atomic E-state index is 0. The lowest BCUT2D eigenvalue weighted by atomic mass is 9.64. The van der Waals surface area contributed by atoms with Gasteiger partial charge in [-0.1, -0.05) is 20.3 Å². The number of aryl methyl sites for hydroxylation is 1. The van der Waals surface area contributed by atoms with Crippen LogP contribution in [0.3, 0.4) is 0 Å². The molecule has 0 bridgehead atoms. The highest BCUT2D eigenvalue weighted by molar-refractivity contribution is 14.0. The maximum absolute atomic E-state index is 4.70. The number of halogens is 1. The minimum Gasteiger partial charge on any atom is -0.357 e. The van der Waals surface area contributed by atoms with Crippen molar-refractivity contribution in [3.63, 3.8) is 0 Å². The van der Waals surface area contributed by atoms with Crippen molar-refractivity contribution in [2.45, 2.75) is 59.9 Å². The lowest BCUT2D eigenvalue weighted by Crippen LogP contribution is -2.47. The van der Waals surface area contributed by atoms with Crippen LogP contribution in [-0.4, -0.2) is 24.0 Å². The van der Waals surface area contributed by atoms with E-state index in [2.05, 4.69) is 36.4 Å². The zero-order valence-electron chi connectivity index (χ0n) is 14.8. The molecule has 0 amide bonds. The monoisotopic (exact) mass is 450 g/mol. The second-order valence-corrected chi connectivity index (χ2v) is 8.17. The molecule has 1 aromatic rings. The topological polar surface area (TPSA) is 49.3 Å². The fourth-order valence-corrected chi connectivity index (χ4v) is 3.96. The van der Waals surface area contributed by atoms with E-state index in [4.69, 9.17) is 4.99 Å². The molecule has 1 aliphatic rings. The standard InChI is InChI=1S/C17H30N4S.HI/c1-5-18-16(20-11-15-10-19-14(4)22-15)21-12-17(7-6-8-17)9-13(2)3;/h10,13H,5-9,11-12H2,1-4H3,(H2,18,20,21);1H. The molecule has 0 aromatic carbocycles. The summed E-state index contributed by atoms with van der Waals surface area (Å²) >= 11 is 1.72. The fourth-order valence-electron chi connectivity index (χ4n) is 3.24. The maximum atomic E-state index is 4.70. The Morgan fingerprint density at radius 3 is 2.61 bits per heavy atom. The third-order valence-electron chi connectivity index (χ3n) is 4.29. The van der Waals surface area contributed by atoms with E-state index in [1.807, 2.05) is 13.1 Å². The van der Waals surface area contributed by atoms with Crippen LogP contribution < -0.4 is 10.6 Å². The largest absolute Gasteiger partial charge is 0.357 e. The molecule has 23 heavy (non-hydrogen) atoms. The highest BCUT2D eigenvalue weighted by Gasteiger charge is 2.37. The molecule has 132 valence electrons. The first-order chi connectivity index (χ1) is 10.5. The molecule has 2 rings (SSSR count). The Morgan fingerprint density at radius 1 is 1.39 bits per heavy atom. The molecular formula is C17H31IN4S. The molecule has 2 N–H and O–H groups in total. The van der Waals surface area contributed by atoms with Crippen LogP contribution >= 0.6 is 35.3 Å². The van der Waals surface area contributed by atoms with Crippen LogP contribution in [-0.2, 0) is 6.54 Å². The van der Waals surface area contributed by atoms with E-state index >= 15 is 0 Å². The normalized spacial score (nSPS) is 16.7. The zero-order valence-corrected chi connectivity index (χ0v) is 18.0. The molecule has 0 saturated heterocycles. The first-order valence-electron chi connectivity index (χ1n) is 8.46. The Kier molecular flexibility index (Phi) is 8.82. The number of guanidine groups is 1. The highest BCUT2D eigenvalue weighted by atomic mass is 127. The van der Waals surface area contributed by atoms with E-state index in [9.17, 15) is 0 Å². The number of nitrogens with zero attached hydrogens (tertiary/aromatic N) is 2. The molecule has 4 nitrogen and oxygen atoms in total. The Balaban J connectivity index is 0.00000264. The van der Waals surface area contributed by atoms with E-state index in [-0.39, 0.29) is 24.0 Å². The van der Waals surface area contributed by atoms with Crippen molar-refractivity contribution in [1.29, 1.82) is 0 Å². The summed E-state index contributed by atoms with van der Waals surface area (Å²) in [5.74, 6) is 1.70.